The summed E-state index contributed by atoms with van der Waals surface area (Å²) in [7, 11) is 0. The summed E-state index contributed by atoms with van der Waals surface area (Å²) in [6, 6.07) is 4.75. The number of ether oxygens (including phenoxy) is 1. The van der Waals surface area contributed by atoms with E-state index < -0.39 is 30.1 Å². The molecule has 3 amide bonds. The predicted molar refractivity (Wildman–Crippen MR) is 100 cm³/mol. The maximum absolute atomic E-state index is 12.3. The molecule has 9 heteroatoms. The summed E-state index contributed by atoms with van der Waals surface area (Å²) >= 11 is 1.49. The molecule has 0 fully saturated rings. The quantitative estimate of drug-likeness (QED) is 0.440. The number of carbonyl (C=O) groups is 4. The normalized spacial score (nSPS) is 12.6. The number of primary amides is 1. The van der Waals surface area contributed by atoms with Crippen LogP contribution >= 0.6 is 11.8 Å². The molecule has 0 heterocycles. The average molecular weight is 381 g/mol. The van der Waals surface area contributed by atoms with E-state index in [0.29, 0.717) is 23.4 Å². The van der Waals surface area contributed by atoms with Crippen molar-refractivity contribution in [2.75, 3.05) is 17.3 Å². The van der Waals surface area contributed by atoms with Gasteiger partial charge in [0.2, 0.25) is 0 Å². The number of ketones is 1. The smallest absolute Gasteiger partial charge is 0.329 e. The third-order valence-electron chi connectivity index (χ3n) is 3.44. The maximum Gasteiger partial charge on any atom is 0.329 e. The number of nitrogens with two attached hydrogens (primary N) is 1. The van der Waals surface area contributed by atoms with Crippen molar-refractivity contribution in [3.63, 3.8) is 0 Å². The van der Waals surface area contributed by atoms with Gasteiger partial charge < -0.3 is 21.1 Å². The number of rotatable bonds is 9. The fourth-order valence-corrected chi connectivity index (χ4v) is 2.57. The first-order valence-corrected chi connectivity index (χ1v) is 9.31. The molecule has 142 valence electrons. The zero-order valence-corrected chi connectivity index (χ0v) is 15.7. The first kappa shape index (κ1) is 21.5. The van der Waals surface area contributed by atoms with Crippen LogP contribution in [-0.4, -0.2) is 47.8 Å². The van der Waals surface area contributed by atoms with Gasteiger partial charge in [-0.2, -0.15) is 11.8 Å². The number of urea groups is 1. The Labute approximate surface area is 156 Å². The van der Waals surface area contributed by atoms with Crippen LogP contribution in [0.5, 0.6) is 0 Å². The topological polar surface area (TPSA) is 128 Å². The van der Waals surface area contributed by atoms with Crippen molar-refractivity contribution in [3.05, 3.63) is 29.8 Å². The van der Waals surface area contributed by atoms with Crippen LogP contribution in [-0.2, 0) is 14.3 Å². The fourth-order valence-electron chi connectivity index (χ4n) is 2.10. The van der Waals surface area contributed by atoms with Crippen LogP contribution in [0.15, 0.2) is 24.3 Å². The molecule has 0 aliphatic rings. The minimum atomic E-state index is -1.12. The molecule has 0 spiro atoms. The van der Waals surface area contributed by atoms with E-state index >= 15 is 0 Å². The SMILES string of the molecule is CSCC[C@H](NC(N)=O)C(=O)O[C@H](C)C(=O)Nc1ccccc1C(C)=O. The van der Waals surface area contributed by atoms with Crippen LogP contribution in [0.4, 0.5) is 10.5 Å². The molecule has 8 nitrogen and oxygen atoms in total. The van der Waals surface area contributed by atoms with Crippen LogP contribution in [0.25, 0.3) is 0 Å². The van der Waals surface area contributed by atoms with Gasteiger partial charge in [0.15, 0.2) is 11.9 Å². The molecule has 1 aromatic rings. The van der Waals surface area contributed by atoms with Gasteiger partial charge in [0.1, 0.15) is 6.04 Å². The predicted octanol–water partition coefficient (Wildman–Crippen LogP) is 1.55. The van der Waals surface area contributed by atoms with Crippen molar-refractivity contribution >= 4 is 41.1 Å². The summed E-state index contributed by atoms with van der Waals surface area (Å²) in [4.78, 5) is 47.1. The number of carbonyl (C=O) groups excluding carboxylic acids is 4. The van der Waals surface area contributed by atoms with Crippen LogP contribution in [0.1, 0.15) is 30.6 Å². The molecule has 0 saturated heterocycles. The van der Waals surface area contributed by atoms with E-state index in [2.05, 4.69) is 10.6 Å². The molecule has 26 heavy (non-hydrogen) atoms. The number of nitrogens with one attached hydrogen (secondary N) is 2. The zero-order chi connectivity index (χ0) is 19.7. The van der Waals surface area contributed by atoms with Crippen molar-refractivity contribution in [3.8, 4) is 0 Å². The van der Waals surface area contributed by atoms with Gasteiger partial charge in [-0.05, 0) is 44.4 Å². The fraction of sp³-hybridized carbons (Fsp3) is 0.412. The molecule has 0 bridgehead atoms. The standard InChI is InChI=1S/C17H23N3O5S/c1-10(21)12-6-4-5-7-13(12)19-15(22)11(2)25-16(23)14(8-9-26-3)20-17(18)24/h4-7,11,14H,8-9H2,1-3H3,(H,19,22)(H3,18,20,24)/t11-,14+/m1/s1. The molecule has 0 aromatic heterocycles. The number of amides is 3. The van der Waals surface area contributed by atoms with Gasteiger partial charge in [0.05, 0.1) is 5.69 Å². The second-order valence-electron chi connectivity index (χ2n) is 5.51. The van der Waals surface area contributed by atoms with E-state index in [1.54, 1.807) is 24.3 Å². The Hall–Kier alpha value is -2.55. The Bertz CT molecular complexity index is 680. The van der Waals surface area contributed by atoms with Crippen molar-refractivity contribution in [2.24, 2.45) is 5.73 Å². The summed E-state index contributed by atoms with van der Waals surface area (Å²) in [5, 5.41) is 4.87. The van der Waals surface area contributed by atoms with Gasteiger partial charge in [0, 0.05) is 5.56 Å². The van der Waals surface area contributed by atoms with Crippen molar-refractivity contribution < 1.29 is 23.9 Å². The second-order valence-corrected chi connectivity index (χ2v) is 6.50. The van der Waals surface area contributed by atoms with E-state index in [4.69, 9.17) is 10.5 Å². The first-order valence-electron chi connectivity index (χ1n) is 7.92. The Morgan fingerprint density at radius 3 is 2.46 bits per heavy atom. The minimum Gasteiger partial charge on any atom is -0.451 e. The molecule has 0 unspecified atom stereocenters. The van der Waals surface area contributed by atoms with Crippen LogP contribution in [0.3, 0.4) is 0 Å². The molecular formula is C17H23N3O5S. The molecule has 1 aromatic carbocycles. The molecule has 2 atom stereocenters. The number of benzene rings is 1. The highest BCUT2D eigenvalue weighted by atomic mass is 32.2. The van der Waals surface area contributed by atoms with E-state index in [1.165, 1.54) is 25.6 Å². The van der Waals surface area contributed by atoms with Crippen molar-refractivity contribution in [2.45, 2.75) is 32.4 Å². The summed E-state index contributed by atoms with van der Waals surface area (Å²) in [5.74, 6) is -0.935. The third-order valence-corrected chi connectivity index (χ3v) is 4.08. The van der Waals surface area contributed by atoms with Gasteiger partial charge in [-0.25, -0.2) is 9.59 Å². The summed E-state index contributed by atoms with van der Waals surface area (Å²) in [6.07, 6.45) is 1.06. The molecule has 0 saturated carbocycles. The van der Waals surface area contributed by atoms with Crippen LogP contribution in [0.2, 0.25) is 0 Å². The molecule has 0 radical (unpaired) electrons. The molecule has 4 N–H and O–H groups in total. The second kappa shape index (κ2) is 10.4. The summed E-state index contributed by atoms with van der Waals surface area (Å²) < 4.78 is 5.13. The van der Waals surface area contributed by atoms with Gasteiger partial charge in [-0.15, -0.1) is 0 Å². The molecule has 1 rings (SSSR count). The lowest BCUT2D eigenvalue weighted by molar-refractivity contribution is -0.155. The summed E-state index contributed by atoms with van der Waals surface area (Å²) in [5.41, 5.74) is 5.75. The Kier molecular flexibility index (Phi) is 8.63. The lowest BCUT2D eigenvalue weighted by Crippen LogP contribution is -2.46. The van der Waals surface area contributed by atoms with Gasteiger partial charge in [-0.3, -0.25) is 9.59 Å². The van der Waals surface area contributed by atoms with Crippen LogP contribution in [0, 0.1) is 0 Å². The highest BCUT2D eigenvalue weighted by molar-refractivity contribution is 7.98. The average Bonchev–Trinajstić information content (AvgIpc) is 2.58. The molecule has 0 aliphatic heterocycles. The number of thioether (sulfide) groups is 1. The number of anilines is 1. The van der Waals surface area contributed by atoms with Gasteiger partial charge >= 0.3 is 12.0 Å². The number of hydrogen-bond donors (Lipinski definition) is 3. The minimum absolute atomic E-state index is 0.201. The highest BCUT2D eigenvalue weighted by Gasteiger charge is 2.26. The number of hydrogen-bond acceptors (Lipinski definition) is 6. The van der Waals surface area contributed by atoms with E-state index in [-0.39, 0.29) is 5.78 Å². The summed E-state index contributed by atoms with van der Waals surface area (Å²) in [6.45, 7) is 2.79. The van der Waals surface area contributed by atoms with Crippen LogP contribution < -0.4 is 16.4 Å². The monoisotopic (exact) mass is 381 g/mol. The largest absolute Gasteiger partial charge is 0.451 e. The number of esters is 1. The van der Waals surface area contributed by atoms with E-state index in [1.807, 2.05) is 6.26 Å². The van der Waals surface area contributed by atoms with Gasteiger partial charge in [-0.1, -0.05) is 12.1 Å². The van der Waals surface area contributed by atoms with Gasteiger partial charge in [0.25, 0.3) is 5.91 Å². The lowest BCUT2D eigenvalue weighted by atomic mass is 10.1. The van der Waals surface area contributed by atoms with Crippen molar-refractivity contribution in [1.29, 1.82) is 0 Å². The van der Waals surface area contributed by atoms with E-state index in [9.17, 15) is 19.2 Å². The first-order chi connectivity index (χ1) is 12.3. The molecular weight excluding hydrogens is 358 g/mol. The third kappa shape index (κ3) is 6.75. The maximum atomic E-state index is 12.3. The van der Waals surface area contributed by atoms with Crippen molar-refractivity contribution in [1.82, 2.24) is 5.32 Å². The highest BCUT2D eigenvalue weighted by Crippen LogP contribution is 2.16. The zero-order valence-electron chi connectivity index (χ0n) is 14.9. The number of para-hydroxylation sites is 1. The number of Topliss-reactive ketones (excluding diaryl/α,β-unsaturated/α-hetero) is 1. The Morgan fingerprint density at radius 1 is 1.23 bits per heavy atom. The van der Waals surface area contributed by atoms with E-state index in [0.717, 1.165) is 0 Å². The Morgan fingerprint density at radius 2 is 1.88 bits per heavy atom. The Balaban J connectivity index is 2.74. The lowest BCUT2D eigenvalue weighted by Gasteiger charge is -2.19. The molecule has 0 aliphatic carbocycles.